The number of nitrogens with zero attached hydrogens (tertiary/aromatic N) is 3. The molecular weight excluding hydrogens is 256 g/mol. The van der Waals surface area contributed by atoms with Crippen molar-refractivity contribution >= 4 is 11.8 Å². The van der Waals surface area contributed by atoms with E-state index in [1.54, 1.807) is 22.7 Å². The van der Waals surface area contributed by atoms with E-state index < -0.39 is 12.1 Å². The lowest BCUT2D eigenvalue weighted by atomic mass is 9.83. The average molecular weight is 278 g/mol. The van der Waals surface area contributed by atoms with Crippen LogP contribution in [0.4, 0.5) is 0 Å². The molecule has 1 aromatic heterocycles. The van der Waals surface area contributed by atoms with Crippen LogP contribution in [0.2, 0.25) is 0 Å². The molecule has 2 atom stereocenters. The Balaban J connectivity index is 2.32. The van der Waals surface area contributed by atoms with Crippen molar-refractivity contribution in [1.29, 1.82) is 0 Å². The Kier molecular flexibility index (Phi) is 3.58. The molecule has 0 saturated carbocycles. The Hall–Kier alpha value is -1.85. The second-order valence-electron chi connectivity index (χ2n) is 6.49. The summed E-state index contributed by atoms with van der Waals surface area (Å²) in [6.45, 7) is 8.03. The van der Waals surface area contributed by atoms with E-state index in [4.69, 9.17) is 0 Å². The number of hydrogen-bond donors (Lipinski definition) is 1. The van der Waals surface area contributed by atoms with Gasteiger partial charge in [0.2, 0.25) is 11.8 Å². The molecule has 1 aromatic rings. The van der Waals surface area contributed by atoms with Crippen molar-refractivity contribution in [2.24, 2.45) is 12.5 Å². The number of hydrogen-bond acceptors (Lipinski definition) is 3. The summed E-state index contributed by atoms with van der Waals surface area (Å²) in [5.41, 5.74) is 0.610. The predicted octanol–water partition coefficient (Wildman–Crippen LogP) is 0.682. The van der Waals surface area contributed by atoms with Gasteiger partial charge in [0.1, 0.15) is 12.1 Å². The Morgan fingerprint density at radius 3 is 2.50 bits per heavy atom. The Labute approximate surface area is 119 Å². The van der Waals surface area contributed by atoms with Gasteiger partial charge in [-0.25, -0.2) is 0 Å². The molecule has 0 spiro atoms. The van der Waals surface area contributed by atoms with Crippen LogP contribution < -0.4 is 5.32 Å². The van der Waals surface area contributed by atoms with Crippen LogP contribution in [0.5, 0.6) is 0 Å². The van der Waals surface area contributed by atoms with E-state index in [2.05, 4.69) is 10.4 Å². The maximum Gasteiger partial charge on any atom is 0.245 e. The van der Waals surface area contributed by atoms with Crippen molar-refractivity contribution in [3.63, 3.8) is 0 Å². The third kappa shape index (κ3) is 2.69. The van der Waals surface area contributed by atoms with Gasteiger partial charge in [0.25, 0.3) is 0 Å². The summed E-state index contributed by atoms with van der Waals surface area (Å²) < 4.78 is 1.69. The molecule has 1 N–H and O–H groups in total. The minimum Gasteiger partial charge on any atom is -0.343 e. The number of piperazine rings is 1. The first-order valence-corrected chi connectivity index (χ1v) is 6.78. The van der Waals surface area contributed by atoms with Gasteiger partial charge in [0.15, 0.2) is 0 Å². The van der Waals surface area contributed by atoms with Crippen molar-refractivity contribution in [3.05, 3.63) is 18.0 Å². The maximum atomic E-state index is 12.4. The zero-order valence-electron chi connectivity index (χ0n) is 12.7. The van der Waals surface area contributed by atoms with Gasteiger partial charge in [-0.2, -0.15) is 5.10 Å². The van der Waals surface area contributed by atoms with Crippen LogP contribution in [0, 0.1) is 5.41 Å². The standard InChI is InChI=1S/C14H22N4O2/c1-9-13(20)18(8-10-6-15-17(5)7-10)11(12(19)16-9)14(2,3)4/h6-7,9,11H,8H2,1-5H3,(H,16,19). The average Bonchev–Trinajstić information content (AvgIpc) is 2.69. The molecule has 2 unspecified atom stereocenters. The molecule has 0 aromatic carbocycles. The second-order valence-corrected chi connectivity index (χ2v) is 6.49. The molecule has 1 aliphatic heterocycles. The van der Waals surface area contributed by atoms with Crippen LogP contribution >= 0.6 is 0 Å². The first-order valence-electron chi connectivity index (χ1n) is 6.78. The fraction of sp³-hybridized carbons (Fsp3) is 0.643. The summed E-state index contributed by atoms with van der Waals surface area (Å²) in [6, 6.07) is -0.941. The maximum absolute atomic E-state index is 12.4. The molecule has 20 heavy (non-hydrogen) atoms. The first-order chi connectivity index (χ1) is 9.20. The molecule has 0 aliphatic carbocycles. The summed E-state index contributed by atoms with van der Waals surface area (Å²) in [5, 5.41) is 6.87. The van der Waals surface area contributed by atoms with Gasteiger partial charge >= 0.3 is 0 Å². The Bertz CT molecular complexity index is 530. The van der Waals surface area contributed by atoms with Crippen LogP contribution in [0.3, 0.4) is 0 Å². The third-order valence-electron chi connectivity index (χ3n) is 3.50. The number of aromatic nitrogens is 2. The van der Waals surface area contributed by atoms with Gasteiger partial charge in [0.05, 0.1) is 6.20 Å². The Morgan fingerprint density at radius 2 is 2.00 bits per heavy atom. The SMILES string of the molecule is CC1NC(=O)C(C(C)(C)C)N(Cc2cnn(C)c2)C1=O. The van der Waals surface area contributed by atoms with Gasteiger partial charge in [-0.1, -0.05) is 20.8 Å². The minimum absolute atomic E-state index is 0.0478. The highest BCUT2D eigenvalue weighted by molar-refractivity contribution is 5.97. The highest BCUT2D eigenvalue weighted by atomic mass is 16.2. The number of carbonyl (C=O) groups is 2. The molecule has 6 nitrogen and oxygen atoms in total. The number of rotatable bonds is 2. The fourth-order valence-electron chi connectivity index (χ4n) is 2.65. The van der Waals surface area contributed by atoms with Gasteiger partial charge in [-0.15, -0.1) is 0 Å². The topological polar surface area (TPSA) is 67.2 Å². The quantitative estimate of drug-likeness (QED) is 0.865. The highest BCUT2D eigenvalue weighted by Crippen LogP contribution is 2.29. The number of amides is 2. The molecule has 1 aliphatic rings. The molecular formula is C14H22N4O2. The summed E-state index contributed by atoms with van der Waals surface area (Å²) in [4.78, 5) is 26.4. The second kappa shape index (κ2) is 4.92. The van der Waals surface area contributed by atoms with Gasteiger partial charge in [-0.3, -0.25) is 14.3 Å². The fourth-order valence-corrected chi connectivity index (χ4v) is 2.65. The van der Waals surface area contributed by atoms with E-state index in [0.29, 0.717) is 6.54 Å². The van der Waals surface area contributed by atoms with Crippen LogP contribution in [0.15, 0.2) is 12.4 Å². The molecule has 1 fully saturated rings. The molecule has 110 valence electrons. The number of carbonyl (C=O) groups excluding carboxylic acids is 2. The summed E-state index contributed by atoms with van der Waals surface area (Å²) in [6.07, 6.45) is 3.59. The van der Waals surface area contributed by atoms with Crippen molar-refractivity contribution in [1.82, 2.24) is 20.0 Å². The van der Waals surface area contributed by atoms with Crippen molar-refractivity contribution in [2.75, 3.05) is 0 Å². The lowest BCUT2D eigenvalue weighted by Gasteiger charge is -2.43. The predicted molar refractivity (Wildman–Crippen MR) is 74.6 cm³/mol. The monoisotopic (exact) mass is 278 g/mol. The van der Waals surface area contributed by atoms with E-state index in [1.807, 2.05) is 34.0 Å². The lowest BCUT2D eigenvalue weighted by Crippen LogP contribution is -2.65. The zero-order valence-corrected chi connectivity index (χ0v) is 12.7. The van der Waals surface area contributed by atoms with Crippen molar-refractivity contribution in [2.45, 2.75) is 46.3 Å². The van der Waals surface area contributed by atoms with Gasteiger partial charge < -0.3 is 10.2 Å². The molecule has 1 saturated heterocycles. The van der Waals surface area contributed by atoms with Crippen LogP contribution in [0.25, 0.3) is 0 Å². The van der Waals surface area contributed by atoms with E-state index in [-0.39, 0.29) is 17.2 Å². The van der Waals surface area contributed by atoms with Crippen LogP contribution in [0.1, 0.15) is 33.3 Å². The van der Waals surface area contributed by atoms with E-state index in [1.165, 1.54) is 0 Å². The molecule has 2 rings (SSSR count). The molecule has 0 radical (unpaired) electrons. The van der Waals surface area contributed by atoms with Crippen LogP contribution in [-0.4, -0.2) is 38.6 Å². The normalized spacial score (nSPS) is 23.9. The third-order valence-corrected chi connectivity index (χ3v) is 3.50. The zero-order chi connectivity index (χ0) is 15.1. The number of aryl methyl sites for hydroxylation is 1. The largest absolute Gasteiger partial charge is 0.343 e. The minimum atomic E-state index is -0.474. The summed E-state index contributed by atoms with van der Waals surface area (Å²) in [5.74, 6) is -0.137. The van der Waals surface area contributed by atoms with Crippen molar-refractivity contribution < 1.29 is 9.59 Å². The van der Waals surface area contributed by atoms with Crippen molar-refractivity contribution in [3.8, 4) is 0 Å². The molecule has 0 bridgehead atoms. The first kappa shape index (κ1) is 14.6. The molecule has 6 heteroatoms. The van der Waals surface area contributed by atoms with Crippen LogP contribution in [-0.2, 0) is 23.2 Å². The summed E-state index contributed by atoms with van der Waals surface area (Å²) >= 11 is 0. The highest BCUT2D eigenvalue weighted by Gasteiger charge is 2.44. The van der Waals surface area contributed by atoms with E-state index >= 15 is 0 Å². The Morgan fingerprint density at radius 1 is 1.35 bits per heavy atom. The lowest BCUT2D eigenvalue weighted by molar-refractivity contribution is -0.154. The summed E-state index contributed by atoms with van der Waals surface area (Å²) in [7, 11) is 1.83. The van der Waals surface area contributed by atoms with Gasteiger partial charge in [0, 0.05) is 25.4 Å². The molecule has 2 heterocycles. The van der Waals surface area contributed by atoms with Gasteiger partial charge in [-0.05, 0) is 12.3 Å². The van der Waals surface area contributed by atoms with E-state index in [9.17, 15) is 9.59 Å². The number of nitrogens with one attached hydrogen (secondary N) is 1. The smallest absolute Gasteiger partial charge is 0.245 e. The molecule has 2 amide bonds. The van der Waals surface area contributed by atoms with E-state index in [0.717, 1.165) is 5.56 Å².